The maximum absolute atomic E-state index is 14.5. The van der Waals surface area contributed by atoms with Crippen LogP contribution in [0.15, 0.2) is 106 Å². The Bertz CT molecular complexity index is 2730. The number of nitrogen functional groups attached to an aromatic ring is 1. The molecule has 2 aliphatic rings. The third-order valence-corrected chi connectivity index (χ3v) is 15.5. The van der Waals surface area contributed by atoms with Crippen molar-refractivity contribution in [1.29, 1.82) is 0 Å². The molecule has 15 nitrogen and oxygen atoms in total. The molecule has 0 radical (unpaired) electrons. The number of rotatable bonds is 11. The van der Waals surface area contributed by atoms with Crippen LogP contribution in [-0.2, 0) is 41.1 Å². The van der Waals surface area contributed by atoms with Gasteiger partial charge in [-0.15, -0.1) is 0 Å². The van der Waals surface area contributed by atoms with Crippen molar-refractivity contribution in [2.24, 2.45) is 0 Å². The van der Waals surface area contributed by atoms with Gasteiger partial charge in [0, 0.05) is 57.4 Å². The number of aromatic nitrogens is 2. The normalized spacial score (nSPS) is 17.6. The highest BCUT2D eigenvalue weighted by Gasteiger charge is 2.33. The molecule has 0 bridgehead atoms. The first-order chi connectivity index (χ1) is 27.5. The lowest BCUT2D eigenvalue weighted by Crippen LogP contribution is -2.51. The average molecular weight is 856 g/mol. The Kier molecular flexibility index (Phi) is 11.5. The van der Waals surface area contributed by atoms with Crippen molar-refractivity contribution >= 4 is 52.4 Å². The number of nitrogens with zero attached hydrogens (tertiary/aromatic N) is 5. The van der Waals surface area contributed by atoms with Crippen LogP contribution in [0.25, 0.3) is 16.6 Å². The summed E-state index contributed by atoms with van der Waals surface area (Å²) in [4.78, 5) is 34.6. The molecule has 2 saturated heterocycles. The van der Waals surface area contributed by atoms with Gasteiger partial charge >= 0.3 is 0 Å². The van der Waals surface area contributed by atoms with Crippen molar-refractivity contribution in [2.75, 3.05) is 63.1 Å². The molecule has 0 spiro atoms. The van der Waals surface area contributed by atoms with Gasteiger partial charge in [-0.2, -0.15) is 8.61 Å². The summed E-state index contributed by atoms with van der Waals surface area (Å²) in [7, 11) is -11.3. The van der Waals surface area contributed by atoms with E-state index < -0.39 is 59.0 Å². The van der Waals surface area contributed by atoms with E-state index in [1.54, 1.807) is 29.2 Å². The van der Waals surface area contributed by atoms with Gasteiger partial charge in [0.05, 0.1) is 50.5 Å². The number of sulfone groups is 1. The van der Waals surface area contributed by atoms with Crippen LogP contribution in [-0.4, -0.2) is 112 Å². The van der Waals surface area contributed by atoms with Crippen LogP contribution in [0.2, 0.25) is 0 Å². The summed E-state index contributed by atoms with van der Waals surface area (Å²) in [5.74, 6) is -2.90. The van der Waals surface area contributed by atoms with Gasteiger partial charge in [-0.1, -0.05) is 12.1 Å². The first-order valence-electron chi connectivity index (χ1n) is 18.2. The lowest BCUT2D eigenvalue weighted by Gasteiger charge is -2.34. The van der Waals surface area contributed by atoms with Crippen LogP contribution in [0.1, 0.15) is 17.4 Å². The predicted molar refractivity (Wildman–Crippen MR) is 212 cm³/mol. The summed E-state index contributed by atoms with van der Waals surface area (Å²) in [6.45, 7) is 0.0222. The molecule has 0 unspecified atom stereocenters. The van der Waals surface area contributed by atoms with Crippen molar-refractivity contribution in [3.05, 3.63) is 124 Å². The number of piperazine rings is 1. The summed E-state index contributed by atoms with van der Waals surface area (Å²) in [6.07, 6.45) is -0.219. The van der Waals surface area contributed by atoms with E-state index in [2.05, 4.69) is 5.32 Å². The van der Waals surface area contributed by atoms with Crippen LogP contribution >= 0.6 is 0 Å². The number of carbonyl (C=O) groups is 1. The highest BCUT2D eigenvalue weighted by atomic mass is 32.2. The maximum Gasteiger partial charge on any atom is 0.266 e. The monoisotopic (exact) mass is 855 g/mol. The van der Waals surface area contributed by atoms with Gasteiger partial charge in [0.25, 0.3) is 5.56 Å². The molecule has 0 aliphatic carbocycles. The van der Waals surface area contributed by atoms with Crippen LogP contribution in [0.3, 0.4) is 0 Å². The number of hydrogen-bond donors (Lipinski definition) is 2. The summed E-state index contributed by atoms with van der Waals surface area (Å²) >= 11 is 0. The Balaban J connectivity index is 1.19. The van der Waals surface area contributed by atoms with E-state index in [4.69, 9.17) is 10.7 Å². The molecule has 2 aliphatic heterocycles. The summed E-state index contributed by atoms with van der Waals surface area (Å²) in [5, 5.41) is 3.09. The third-order valence-electron chi connectivity index (χ3n) is 10.1. The smallest absolute Gasteiger partial charge is 0.266 e. The van der Waals surface area contributed by atoms with Crippen LogP contribution in [0, 0.1) is 11.6 Å². The molecule has 1 atom stereocenters. The lowest BCUT2D eigenvalue weighted by molar-refractivity contribution is -0.123. The number of anilines is 1. The average Bonchev–Trinajstić information content (AvgIpc) is 3.17. The maximum atomic E-state index is 14.5. The minimum Gasteiger partial charge on any atom is -0.399 e. The van der Waals surface area contributed by atoms with Gasteiger partial charge in [-0.25, -0.2) is 39.0 Å². The Hall–Kier alpha value is -5.12. The SMILES string of the molecule is Nc1ccc(S(=O)(=O)N2CCN(CC(=O)N[C@@H](Cc3cc(F)cc(F)c3)c3nc4ccccc4c(=O)n3-c3ccc(S(=O)(=O)N4CCS(=O)(=O)CC4)cc3)CC2)cc1. The number of nitrogens with one attached hydrogen (secondary N) is 1. The number of halogens is 2. The fourth-order valence-electron chi connectivity index (χ4n) is 7.02. The van der Waals surface area contributed by atoms with E-state index in [9.17, 15) is 43.6 Å². The van der Waals surface area contributed by atoms with E-state index in [1.807, 2.05) is 0 Å². The lowest BCUT2D eigenvalue weighted by atomic mass is 10.0. The van der Waals surface area contributed by atoms with Gasteiger partial charge in [0.15, 0.2) is 9.84 Å². The minimum atomic E-state index is -4.10. The summed E-state index contributed by atoms with van der Waals surface area (Å²) in [6, 6.07) is 19.4. The Morgan fingerprint density at radius 1 is 0.776 bits per heavy atom. The van der Waals surface area contributed by atoms with Gasteiger partial charge in [0.2, 0.25) is 26.0 Å². The van der Waals surface area contributed by atoms with E-state index in [0.29, 0.717) is 11.8 Å². The second kappa shape index (κ2) is 16.3. The molecular weight excluding hydrogens is 817 g/mol. The van der Waals surface area contributed by atoms with E-state index in [-0.39, 0.29) is 102 Å². The van der Waals surface area contributed by atoms with Crippen molar-refractivity contribution < 1.29 is 38.8 Å². The Morgan fingerprint density at radius 3 is 1.93 bits per heavy atom. The van der Waals surface area contributed by atoms with E-state index in [0.717, 1.165) is 16.4 Å². The largest absolute Gasteiger partial charge is 0.399 e. The molecule has 2 fully saturated rings. The number of para-hydroxylation sites is 1. The van der Waals surface area contributed by atoms with Gasteiger partial charge in [0.1, 0.15) is 17.5 Å². The zero-order valence-corrected chi connectivity index (χ0v) is 33.3. The Labute approximate surface area is 333 Å². The molecule has 4 aromatic carbocycles. The molecule has 3 N–H and O–H groups in total. The standard InChI is InChI=1S/C38H39F2N7O8S3/c39-27-21-26(22-28(40)24-27)23-35(42-36(48)25-44-13-15-45(16-14-44)57(52,53)31-9-5-29(41)6-10-31)37-43-34-4-2-1-3-33(34)38(49)47(37)30-7-11-32(12-8-30)58(54,55)46-17-19-56(50,51)20-18-46/h1-12,21-22,24,35H,13-20,23,25,41H2,(H,42,48)/t35-/m0/s1. The second-order valence-electron chi connectivity index (χ2n) is 14.0. The van der Waals surface area contributed by atoms with Crippen molar-refractivity contribution in [2.45, 2.75) is 22.3 Å². The van der Waals surface area contributed by atoms with Crippen molar-refractivity contribution in [3.63, 3.8) is 0 Å². The Morgan fingerprint density at radius 2 is 1.33 bits per heavy atom. The molecule has 20 heteroatoms. The fraction of sp³-hybridized carbons (Fsp3) is 0.289. The van der Waals surface area contributed by atoms with Crippen molar-refractivity contribution in [3.8, 4) is 5.69 Å². The number of hydrogen-bond acceptors (Lipinski definition) is 11. The molecule has 5 aromatic rings. The highest BCUT2D eigenvalue weighted by molar-refractivity contribution is 7.92. The molecule has 7 rings (SSSR count). The molecular formula is C38H39F2N7O8S3. The zero-order chi connectivity index (χ0) is 41.4. The number of fused-ring (bicyclic) bond motifs is 1. The predicted octanol–water partition coefficient (Wildman–Crippen LogP) is 2.07. The molecule has 58 heavy (non-hydrogen) atoms. The highest BCUT2D eigenvalue weighted by Crippen LogP contribution is 2.26. The summed E-state index contributed by atoms with van der Waals surface area (Å²) < 4.78 is 110. The topological polar surface area (TPSA) is 202 Å². The van der Waals surface area contributed by atoms with Gasteiger partial charge < -0.3 is 11.1 Å². The molecule has 306 valence electrons. The minimum absolute atomic E-state index is 0.0158. The van der Waals surface area contributed by atoms with Crippen LogP contribution in [0.5, 0.6) is 0 Å². The van der Waals surface area contributed by atoms with Crippen LogP contribution < -0.4 is 16.6 Å². The second-order valence-corrected chi connectivity index (χ2v) is 20.2. The molecule has 3 heterocycles. The van der Waals surface area contributed by atoms with Crippen LogP contribution in [0.4, 0.5) is 14.5 Å². The molecule has 1 aromatic heterocycles. The number of sulfonamides is 2. The van der Waals surface area contributed by atoms with Gasteiger partial charge in [-0.05, 0) is 78.4 Å². The number of amides is 1. The van der Waals surface area contributed by atoms with Crippen molar-refractivity contribution in [1.82, 2.24) is 28.4 Å². The fourth-order valence-corrected chi connectivity index (χ4v) is 11.3. The van der Waals surface area contributed by atoms with E-state index >= 15 is 0 Å². The quantitative estimate of drug-likeness (QED) is 0.184. The number of carbonyl (C=O) groups excluding carboxylic acids is 1. The molecule has 1 amide bonds. The van der Waals surface area contributed by atoms with E-state index in [1.165, 1.54) is 57.4 Å². The van der Waals surface area contributed by atoms with Gasteiger partial charge in [-0.3, -0.25) is 19.1 Å². The first-order valence-corrected chi connectivity index (χ1v) is 22.9. The first kappa shape index (κ1) is 41.1. The molecule has 0 saturated carbocycles. The zero-order valence-electron chi connectivity index (χ0n) is 30.9. The third kappa shape index (κ3) is 8.81. The number of nitrogens with two attached hydrogens (primary N) is 1. The summed E-state index contributed by atoms with van der Waals surface area (Å²) in [5.41, 5.74) is 6.15. The number of benzene rings is 4.